The second kappa shape index (κ2) is 6.73. The lowest BCUT2D eigenvalue weighted by Crippen LogP contribution is -2.44. The van der Waals surface area contributed by atoms with E-state index in [1.807, 2.05) is 6.07 Å². The van der Waals surface area contributed by atoms with Crippen LogP contribution < -0.4 is 11.1 Å². The molecule has 0 aromatic carbocycles. The van der Waals surface area contributed by atoms with Crippen molar-refractivity contribution >= 4 is 17.7 Å². The van der Waals surface area contributed by atoms with Crippen LogP contribution in [0.5, 0.6) is 0 Å². The monoisotopic (exact) mass is 402 g/mol. The van der Waals surface area contributed by atoms with Gasteiger partial charge in [-0.15, -0.1) is 0 Å². The van der Waals surface area contributed by atoms with Crippen molar-refractivity contribution in [3.63, 3.8) is 0 Å². The van der Waals surface area contributed by atoms with Crippen LogP contribution in [0.2, 0.25) is 0 Å². The Morgan fingerprint density at radius 2 is 2.17 bits per heavy atom. The number of hydrogen-bond donors (Lipinski definition) is 2. The first-order valence-electron chi connectivity index (χ1n) is 8.50. The summed E-state index contributed by atoms with van der Waals surface area (Å²) in [5, 5.41) is 11.1. The fraction of sp³-hybridized carbons (Fsp3) is 0.278. The summed E-state index contributed by atoms with van der Waals surface area (Å²) in [6.45, 7) is 0. The summed E-state index contributed by atoms with van der Waals surface area (Å²) in [7, 11) is 0. The highest BCUT2D eigenvalue weighted by molar-refractivity contribution is 6.02. The Hall–Kier alpha value is -3.68. The number of anilines is 1. The van der Waals surface area contributed by atoms with Gasteiger partial charge in [0.25, 0.3) is 18.4 Å². The molecule has 1 aliphatic carbocycles. The van der Waals surface area contributed by atoms with Gasteiger partial charge in [-0.3, -0.25) is 4.79 Å². The molecule has 4 rings (SSSR count). The lowest BCUT2D eigenvalue weighted by Gasteiger charge is -2.32. The summed E-state index contributed by atoms with van der Waals surface area (Å²) in [5.74, 6) is -2.63. The Balaban J connectivity index is 1.68. The maximum atomic E-state index is 14.5. The van der Waals surface area contributed by atoms with E-state index in [2.05, 4.69) is 20.3 Å². The molecule has 3 heterocycles. The number of rotatable bonds is 4. The third kappa shape index (κ3) is 3.12. The van der Waals surface area contributed by atoms with Crippen molar-refractivity contribution in [1.82, 2.24) is 9.97 Å². The van der Waals surface area contributed by atoms with Gasteiger partial charge in [-0.25, -0.2) is 28.1 Å². The number of carbonyl (C=O) groups is 1. The average molecular weight is 402 g/mol. The van der Waals surface area contributed by atoms with E-state index in [1.165, 1.54) is 18.3 Å². The molecular weight excluding hydrogens is 389 g/mol. The van der Waals surface area contributed by atoms with Crippen LogP contribution in [0, 0.1) is 23.1 Å². The molecule has 0 radical (unpaired) electrons. The molecule has 0 spiro atoms. The number of fused-ring (bicyclic) bond motifs is 1. The van der Waals surface area contributed by atoms with Gasteiger partial charge in [0.2, 0.25) is 0 Å². The van der Waals surface area contributed by atoms with Crippen LogP contribution in [-0.4, -0.2) is 34.4 Å². The van der Waals surface area contributed by atoms with Gasteiger partial charge in [0, 0.05) is 12.1 Å². The predicted octanol–water partition coefficient (Wildman–Crippen LogP) is 1.93. The molecule has 148 valence electrons. The van der Waals surface area contributed by atoms with Gasteiger partial charge < -0.3 is 15.8 Å². The van der Waals surface area contributed by atoms with Crippen LogP contribution in [0.25, 0.3) is 0 Å². The molecular formula is C18H13F3N6O2. The Bertz CT molecular complexity index is 1050. The normalized spacial score (nSPS) is 24.7. The number of ether oxygens (including phenoxy) is 1. The average Bonchev–Trinajstić information content (AvgIpc) is 3.48. The largest absolute Gasteiger partial charge is 0.462 e. The highest BCUT2D eigenvalue weighted by atomic mass is 19.3. The third-order valence-corrected chi connectivity index (χ3v) is 4.79. The molecule has 3 atom stereocenters. The van der Waals surface area contributed by atoms with Gasteiger partial charge >= 0.3 is 0 Å². The highest BCUT2D eigenvalue weighted by Gasteiger charge is 2.65. The van der Waals surface area contributed by atoms with E-state index < -0.39 is 47.4 Å². The standard InChI is InChI=1S/C18H13F3N6O2/c19-10-2-4-13(26-15(28)11-3-1-8(6-22)7-24-11)25-14(10)18(16(20)21)9-5-12(9)29-17(23)27-18/h1-4,7,9,12,16H,5H2,(H2,23,27)(H,25,26,28). The summed E-state index contributed by atoms with van der Waals surface area (Å²) in [6, 6.07) is 6.18. The Morgan fingerprint density at radius 1 is 1.38 bits per heavy atom. The molecule has 29 heavy (non-hydrogen) atoms. The van der Waals surface area contributed by atoms with Gasteiger partial charge in [0.1, 0.15) is 35.2 Å². The maximum absolute atomic E-state index is 14.5. The van der Waals surface area contributed by atoms with E-state index in [0.717, 1.165) is 12.1 Å². The molecule has 3 N–H and O–H groups in total. The zero-order valence-electron chi connectivity index (χ0n) is 14.6. The number of aliphatic imine (C=N–C) groups is 1. The smallest absolute Gasteiger partial charge is 0.283 e. The fourth-order valence-corrected chi connectivity index (χ4v) is 3.32. The molecule has 2 aromatic rings. The summed E-state index contributed by atoms with van der Waals surface area (Å²) < 4.78 is 47.8. The molecule has 1 saturated carbocycles. The fourth-order valence-electron chi connectivity index (χ4n) is 3.32. The van der Waals surface area contributed by atoms with Gasteiger partial charge in [-0.1, -0.05) is 0 Å². The van der Waals surface area contributed by atoms with Crippen molar-refractivity contribution in [1.29, 1.82) is 5.26 Å². The minimum atomic E-state index is -3.09. The van der Waals surface area contributed by atoms with Gasteiger partial charge in [-0.05, 0) is 30.7 Å². The molecule has 8 nitrogen and oxygen atoms in total. The lowest BCUT2D eigenvalue weighted by molar-refractivity contribution is 0.0151. The first-order chi connectivity index (χ1) is 13.8. The molecule has 3 unspecified atom stereocenters. The molecule has 11 heteroatoms. The van der Waals surface area contributed by atoms with E-state index in [0.29, 0.717) is 0 Å². The second-order valence-electron chi connectivity index (χ2n) is 6.60. The molecule has 1 amide bonds. The lowest BCUT2D eigenvalue weighted by atomic mass is 9.88. The molecule has 1 fully saturated rings. The van der Waals surface area contributed by atoms with E-state index in [1.54, 1.807) is 0 Å². The van der Waals surface area contributed by atoms with Crippen LogP contribution in [0.3, 0.4) is 0 Å². The van der Waals surface area contributed by atoms with Crippen LogP contribution in [0.4, 0.5) is 19.0 Å². The number of amidine groups is 1. The van der Waals surface area contributed by atoms with Crippen molar-refractivity contribution in [2.75, 3.05) is 5.32 Å². The van der Waals surface area contributed by atoms with Crippen LogP contribution in [0.1, 0.15) is 28.2 Å². The van der Waals surface area contributed by atoms with Gasteiger partial charge in [0.15, 0.2) is 5.54 Å². The number of pyridine rings is 2. The number of alkyl halides is 2. The van der Waals surface area contributed by atoms with Crippen molar-refractivity contribution in [2.24, 2.45) is 16.6 Å². The Labute approximate surface area is 162 Å². The summed E-state index contributed by atoms with van der Waals surface area (Å²) in [4.78, 5) is 23.8. The minimum Gasteiger partial charge on any atom is -0.462 e. The van der Waals surface area contributed by atoms with Crippen LogP contribution in [-0.2, 0) is 10.3 Å². The summed E-state index contributed by atoms with van der Waals surface area (Å²) in [6.07, 6.45) is -2.23. The molecule has 0 saturated heterocycles. The molecule has 2 aromatic heterocycles. The zero-order valence-corrected chi connectivity index (χ0v) is 14.6. The highest BCUT2D eigenvalue weighted by Crippen LogP contribution is 2.55. The zero-order chi connectivity index (χ0) is 20.8. The SMILES string of the molecule is N#Cc1ccc(C(=O)Nc2ccc(F)c(C3(C(F)F)N=C(N)OC4CC43)n2)nc1. The summed E-state index contributed by atoms with van der Waals surface area (Å²) >= 11 is 0. The van der Waals surface area contributed by atoms with Gasteiger partial charge in [-0.2, -0.15) is 5.26 Å². The van der Waals surface area contributed by atoms with Gasteiger partial charge in [0.05, 0.1) is 5.56 Å². The van der Waals surface area contributed by atoms with Crippen LogP contribution in [0.15, 0.2) is 35.5 Å². The minimum absolute atomic E-state index is 0.0316. The van der Waals surface area contributed by atoms with Crippen molar-refractivity contribution in [3.05, 3.63) is 53.2 Å². The summed E-state index contributed by atoms with van der Waals surface area (Å²) in [5.41, 5.74) is 2.84. The van der Waals surface area contributed by atoms with Crippen LogP contribution >= 0.6 is 0 Å². The van der Waals surface area contributed by atoms with Crippen molar-refractivity contribution in [2.45, 2.75) is 24.5 Å². The third-order valence-electron chi connectivity index (χ3n) is 4.79. The first-order valence-corrected chi connectivity index (χ1v) is 8.50. The number of nitrogens with one attached hydrogen (secondary N) is 1. The maximum Gasteiger partial charge on any atom is 0.283 e. The number of halogens is 3. The number of aromatic nitrogens is 2. The quantitative estimate of drug-likeness (QED) is 0.805. The number of carbonyl (C=O) groups excluding carboxylic acids is 1. The number of nitrogens with zero attached hydrogens (tertiary/aromatic N) is 4. The Kier molecular flexibility index (Phi) is 4.34. The number of nitrogens with two attached hydrogens (primary N) is 1. The molecule has 0 bridgehead atoms. The van der Waals surface area contributed by atoms with Crippen molar-refractivity contribution in [3.8, 4) is 6.07 Å². The number of hydrogen-bond acceptors (Lipinski definition) is 7. The van der Waals surface area contributed by atoms with E-state index in [9.17, 15) is 18.0 Å². The van der Waals surface area contributed by atoms with E-state index in [4.69, 9.17) is 15.7 Å². The van der Waals surface area contributed by atoms with Crippen molar-refractivity contribution < 1.29 is 22.7 Å². The van der Waals surface area contributed by atoms with E-state index >= 15 is 0 Å². The number of amides is 1. The number of nitriles is 1. The molecule has 2 aliphatic rings. The topological polar surface area (TPSA) is 126 Å². The Morgan fingerprint density at radius 3 is 2.83 bits per heavy atom. The first kappa shape index (κ1) is 18.7. The predicted molar refractivity (Wildman–Crippen MR) is 93.4 cm³/mol. The van der Waals surface area contributed by atoms with E-state index in [-0.39, 0.29) is 23.5 Å². The second-order valence-corrected chi connectivity index (χ2v) is 6.60. The molecule has 1 aliphatic heterocycles.